The van der Waals surface area contributed by atoms with Crippen LogP contribution in [-0.4, -0.2) is 32.9 Å². The lowest BCUT2D eigenvalue weighted by atomic mass is 10.2. The van der Waals surface area contributed by atoms with E-state index in [-0.39, 0.29) is 24.0 Å². The molecule has 29 heavy (non-hydrogen) atoms. The summed E-state index contributed by atoms with van der Waals surface area (Å²) in [4.78, 5) is 38.5. The molecule has 1 heterocycles. The van der Waals surface area contributed by atoms with Crippen LogP contribution in [0, 0.1) is 0 Å². The predicted octanol–water partition coefficient (Wildman–Crippen LogP) is 2.83. The van der Waals surface area contributed by atoms with Gasteiger partial charge in [-0.2, -0.15) is 0 Å². The molecule has 0 saturated heterocycles. The molecule has 0 radical (unpaired) electrons. The van der Waals surface area contributed by atoms with Crippen LogP contribution in [0.15, 0.2) is 53.3 Å². The number of aryl methyl sites for hydroxylation is 1. The Hall–Kier alpha value is -3.35. The molecule has 0 aliphatic carbocycles. The fourth-order valence-corrected chi connectivity index (χ4v) is 3.34. The van der Waals surface area contributed by atoms with Gasteiger partial charge in [0.2, 0.25) is 11.8 Å². The van der Waals surface area contributed by atoms with Crippen LogP contribution in [0.25, 0.3) is 11.0 Å². The molecule has 7 nitrogen and oxygen atoms in total. The lowest BCUT2D eigenvalue weighted by Gasteiger charge is -2.15. The highest BCUT2D eigenvalue weighted by molar-refractivity contribution is 5.91. The van der Waals surface area contributed by atoms with Gasteiger partial charge in [-0.3, -0.25) is 18.7 Å². The topological polar surface area (TPSA) is 76.3 Å². The van der Waals surface area contributed by atoms with E-state index in [1.54, 1.807) is 22.6 Å². The van der Waals surface area contributed by atoms with Gasteiger partial charge in [-0.1, -0.05) is 31.2 Å². The lowest BCUT2D eigenvalue weighted by Crippen LogP contribution is -2.29. The van der Waals surface area contributed by atoms with Crippen LogP contribution in [0.3, 0.4) is 0 Å². The molecule has 0 atom stereocenters. The molecule has 0 bridgehead atoms. The van der Waals surface area contributed by atoms with E-state index in [4.69, 9.17) is 0 Å². The first-order chi connectivity index (χ1) is 13.9. The average molecular weight is 394 g/mol. The van der Waals surface area contributed by atoms with E-state index in [0.29, 0.717) is 18.8 Å². The summed E-state index contributed by atoms with van der Waals surface area (Å²) in [5.74, 6) is -0.300. The van der Waals surface area contributed by atoms with Crippen LogP contribution < -0.4 is 11.0 Å². The Morgan fingerprint density at radius 3 is 2.38 bits per heavy atom. The number of nitrogens with zero attached hydrogens (tertiary/aromatic N) is 3. The number of amides is 2. The van der Waals surface area contributed by atoms with Crippen LogP contribution in [0.4, 0.5) is 5.69 Å². The largest absolute Gasteiger partial charge is 0.342 e. The van der Waals surface area contributed by atoms with Crippen molar-refractivity contribution in [1.29, 1.82) is 0 Å². The number of aromatic nitrogens is 2. The molecule has 7 heteroatoms. The molecule has 152 valence electrons. The summed E-state index contributed by atoms with van der Waals surface area (Å²) < 4.78 is 3.22. The maximum absolute atomic E-state index is 12.8. The summed E-state index contributed by atoms with van der Waals surface area (Å²) in [6.07, 6.45) is 0.835. The van der Waals surface area contributed by atoms with Crippen molar-refractivity contribution in [1.82, 2.24) is 14.0 Å². The number of carbonyl (C=O) groups excluding carboxylic acids is 2. The number of nitrogens with one attached hydrogen (secondary N) is 1. The number of benzene rings is 2. The quantitative estimate of drug-likeness (QED) is 0.669. The highest BCUT2D eigenvalue weighted by Crippen LogP contribution is 2.15. The first-order valence-corrected chi connectivity index (χ1v) is 9.69. The van der Waals surface area contributed by atoms with Crippen LogP contribution in [-0.2, 0) is 29.2 Å². The molecule has 0 unspecified atom stereocenters. The number of rotatable bonds is 7. The molecule has 1 N–H and O–H groups in total. The van der Waals surface area contributed by atoms with Crippen molar-refractivity contribution in [2.24, 2.45) is 0 Å². The molecule has 0 aliphatic rings. The van der Waals surface area contributed by atoms with Gasteiger partial charge in [0.25, 0.3) is 0 Å². The highest BCUT2D eigenvalue weighted by atomic mass is 16.2. The maximum Gasteiger partial charge on any atom is 0.329 e. The summed E-state index contributed by atoms with van der Waals surface area (Å²) in [7, 11) is 1.73. The molecule has 2 amide bonds. The van der Waals surface area contributed by atoms with E-state index in [1.807, 2.05) is 49.4 Å². The first kappa shape index (κ1) is 20.4. The van der Waals surface area contributed by atoms with E-state index >= 15 is 0 Å². The van der Waals surface area contributed by atoms with Crippen molar-refractivity contribution >= 4 is 28.5 Å². The summed E-state index contributed by atoms with van der Waals surface area (Å²) in [6, 6.07) is 14.9. The molecular formula is C22H26N4O3. The minimum atomic E-state index is -0.274. The van der Waals surface area contributed by atoms with Gasteiger partial charge in [0.05, 0.1) is 11.0 Å². The predicted molar refractivity (Wildman–Crippen MR) is 114 cm³/mol. The number of hydrogen-bond donors (Lipinski definition) is 1. The molecule has 0 saturated carbocycles. The smallest absolute Gasteiger partial charge is 0.329 e. The van der Waals surface area contributed by atoms with Gasteiger partial charge in [-0.25, -0.2) is 4.79 Å². The fraction of sp³-hybridized carbons (Fsp3) is 0.318. The van der Waals surface area contributed by atoms with Crippen molar-refractivity contribution in [3.8, 4) is 0 Å². The zero-order valence-corrected chi connectivity index (χ0v) is 17.0. The van der Waals surface area contributed by atoms with Gasteiger partial charge in [0, 0.05) is 32.7 Å². The van der Waals surface area contributed by atoms with Crippen LogP contribution in [0.2, 0.25) is 0 Å². The van der Waals surface area contributed by atoms with Crippen LogP contribution >= 0.6 is 0 Å². The molecule has 0 aliphatic heterocycles. The third kappa shape index (κ3) is 4.56. The molecule has 1 aromatic heterocycles. The Bertz CT molecular complexity index is 1100. The fourth-order valence-electron chi connectivity index (χ4n) is 3.34. The van der Waals surface area contributed by atoms with E-state index in [0.717, 1.165) is 23.0 Å². The van der Waals surface area contributed by atoms with Gasteiger partial charge in [-0.05, 0) is 36.2 Å². The number of para-hydroxylation sites is 2. The minimum Gasteiger partial charge on any atom is -0.342 e. The van der Waals surface area contributed by atoms with Gasteiger partial charge in [-0.15, -0.1) is 0 Å². The summed E-state index contributed by atoms with van der Waals surface area (Å²) in [6.45, 7) is 4.54. The lowest BCUT2D eigenvalue weighted by molar-refractivity contribution is -0.128. The van der Waals surface area contributed by atoms with E-state index < -0.39 is 0 Å². The zero-order chi connectivity index (χ0) is 21.0. The summed E-state index contributed by atoms with van der Waals surface area (Å²) >= 11 is 0. The average Bonchev–Trinajstić information content (AvgIpc) is 2.94. The second-order valence-corrected chi connectivity index (χ2v) is 7.13. The molecule has 2 aromatic carbocycles. The Balaban J connectivity index is 1.79. The van der Waals surface area contributed by atoms with Crippen molar-refractivity contribution in [3.05, 3.63) is 64.6 Å². The van der Waals surface area contributed by atoms with Gasteiger partial charge in [0.15, 0.2) is 0 Å². The first-order valence-electron chi connectivity index (χ1n) is 9.69. The van der Waals surface area contributed by atoms with Gasteiger partial charge in [0.1, 0.15) is 6.54 Å². The normalized spacial score (nSPS) is 10.9. The van der Waals surface area contributed by atoms with Crippen molar-refractivity contribution < 1.29 is 9.59 Å². The van der Waals surface area contributed by atoms with Crippen molar-refractivity contribution in [2.75, 3.05) is 12.4 Å². The SMILES string of the molecule is CCCn1c(=O)n(CC(=O)Nc2cccc(CN(C)C(C)=O)c2)c2ccccc21. The number of fused-ring (bicyclic) bond motifs is 1. The Kier molecular flexibility index (Phi) is 6.16. The molecular weight excluding hydrogens is 368 g/mol. The molecule has 0 spiro atoms. The van der Waals surface area contributed by atoms with Crippen molar-refractivity contribution in [3.63, 3.8) is 0 Å². The summed E-state index contributed by atoms with van der Waals surface area (Å²) in [5.41, 5.74) is 2.95. The Morgan fingerprint density at radius 2 is 1.72 bits per heavy atom. The molecule has 0 fully saturated rings. The monoisotopic (exact) mass is 394 g/mol. The zero-order valence-electron chi connectivity index (χ0n) is 17.0. The maximum atomic E-state index is 12.8. The standard InChI is InChI=1S/C22H26N4O3/c1-4-12-25-19-10-5-6-11-20(19)26(22(25)29)15-21(28)23-18-9-7-8-17(13-18)14-24(3)16(2)27/h5-11,13H,4,12,14-15H2,1-3H3,(H,23,28). The number of hydrogen-bond acceptors (Lipinski definition) is 3. The Morgan fingerprint density at radius 1 is 1.03 bits per heavy atom. The third-order valence-corrected chi connectivity index (χ3v) is 4.84. The van der Waals surface area contributed by atoms with E-state index in [2.05, 4.69) is 5.32 Å². The highest BCUT2D eigenvalue weighted by Gasteiger charge is 2.15. The number of anilines is 1. The van der Waals surface area contributed by atoms with E-state index in [9.17, 15) is 14.4 Å². The van der Waals surface area contributed by atoms with Gasteiger partial charge >= 0.3 is 5.69 Å². The second kappa shape index (κ2) is 8.77. The minimum absolute atomic E-state index is 0.0257. The van der Waals surface area contributed by atoms with Crippen LogP contribution in [0.5, 0.6) is 0 Å². The van der Waals surface area contributed by atoms with Crippen LogP contribution in [0.1, 0.15) is 25.8 Å². The summed E-state index contributed by atoms with van der Waals surface area (Å²) in [5, 5.41) is 2.86. The van der Waals surface area contributed by atoms with E-state index in [1.165, 1.54) is 11.5 Å². The number of imidazole rings is 1. The third-order valence-electron chi connectivity index (χ3n) is 4.84. The Labute approximate surface area is 169 Å². The van der Waals surface area contributed by atoms with Crippen molar-refractivity contribution in [2.45, 2.75) is 39.9 Å². The molecule has 3 rings (SSSR count). The molecule has 3 aromatic rings. The number of carbonyl (C=O) groups is 2. The van der Waals surface area contributed by atoms with Gasteiger partial charge < -0.3 is 10.2 Å². The second-order valence-electron chi connectivity index (χ2n) is 7.13.